The Kier molecular flexibility index (Phi) is 19.0. The van der Waals surface area contributed by atoms with Crippen molar-refractivity contribution >= 4 is 16.0 Å². The molecule has 128 valence electrons. The first-order chi connectivity index (χ1) is 10.3. The van der Waals surface area contributed by atoms with Crippen LogP contribution in [-0.4, -0.2) is 16.0 Å². The Balaban J connectivity index is 3.28. The predicted molar refractivity (Wildman–Crippen MR) is 101 cm³/mol. The zero-order valence-corrected chi connectivity index (χ0v) is 16.9. The van der Waals surface area contributed by atoms with Crippen LogP contribution in [0.4, 0.5) is 0 Å². The number of rotatable bonds is 17. The molecule has 0 N–H and O–H groups in total. The van der Waals surface area contributed by atoms with Crippen molar-refractivity contribution in [1.29, 1.82) is 0 Å². The van der Waals surface area contributed by atoms with Crippen molar-refractivity contribution in [2.75, 3.05) is 0 Å². The summed E-state index contributed by atoms with van der Waals surface area (Å²) in [6, 6.07) is 0. The van der Waals surface area contributed by atoms with Gasteiger partial charge in [0, 0.05) is 0 Å². The van der Waals surface area contributed by atoms with Crippen LogP contribution in [0.2, 0.25) is 5.32 Å². The van der Waals surface area contributed by atoms with Crippen molar-refractivity contribution in [2.45, 2.75) is 122 Å². The molecule has 1 heteroatoms. The van der Waals surface area contributed by atoms with Crippen LogP contribution in [0.15, 0.2) is 0 Å². The van der Waals surface area contributed by atoms with Gasteiger partial charge in [-0.2, -0.15) is 0 Å². The maximum absolute atomic E-state index is 2.84. The SMILES string of the molecule is CCCCCCCCCCC(C[SeH])CCCCCCCC. The molecule has 0 amide bonds. The van der Waals surface area contributed by atoms with Gasteiger partial charge in [0.2, 0.25) is 0 Å². The molecule has 0 saturated carbocycles. The van der Waals surface area contributed by atoms with Gasteiger partial charge in [-0.25, -0.2) is 0 Å². The predicted octanol–water partition coefficient (Wildman–Crippen LogP) is 7.20. The molecule has 0 nitrogen and oxygen atoms in total. The third-order valence-electron chi connectivity index (χ3n) is 4.69. The van der Waals surface area contributed by atoms with Gasteiger partial charge in [-0.3, -0.25) is 0 Å². The Labute approximate surface area is 144 Å². The van der Waals surface area contributed by atoms with Gasteiger partial charge in [-0.05, 0) is 0 Å². The van der Waals surface area contributed by atoms with Gasteiger partial charge < -0.3 is 0 Å². The number of hydrogen-bond donors (Lipinski definition) is 0. The Bertz CT molecular complexity index is 179. The molecule has 1 unspecified atom stereocenters. The second-order valence-corrected chi connectivity index (χ2v) is 7.63. The third kappa shape index (κ3) is 16.7. The molecule has 0 spiro atoms. The van der Waals surface area contributed by atoms with E-state index in [1.807, 2.05) is 0 Å². The van der Waals surface area contributed by atoms with Gasteiger partial charge in [0.25, 0.3) is 0 Å². The molecule has 0 aromatic carbocycles. The van der Waals surface area contributed by atoms with E-state index in [4.69, 9.17) is 0 Å². The van der Waals surface area contributed by atoms with Gasteiger partial charge in [-0.15, -0.1) is 0 Å². The zero-order chi connectivity index (χ0) is 15.6. The monoisotopic (exact) mass is 362 g/mol. The van der Waals surface area contributed by atoms with E-state index in [0.717, 1.165) is 5.92 Å². The van der Waals surface area contributed by atoms with Gasteiger partial charge >= 0.3 is 144 Å². The molecule has 1 atom stereocenters. The summed E-state index contributed by atoms with van der Waals surface area (Å²) in [6.07, 6.45) is 23.3. The van der Waals surface area contributed by atoms with Crippen molar-refractivity contribution in [3.05, 3.63) is 0 Å². The summed E-state index contributed by atoms with van der Waals surface area (Å²) in [7, 11) is 0. The van der Waals surface area contributed by atoms with Crippen molar-refractivity contribution in [3.63, 3.8) is 0 Å². The minimum absolute atomic E-state index is 0.997. The second-order valence-electron chi connectivity index (χ2n) is 6.87. The first-order valence-corrected chi connectivity index (χ1v) is 11.3. The molecule has 21 heavy (non-hydrogen) atoms. The minimum atomic E-state index is 0.997. The molecule has 0 aliphatic carbocycles. The van der Waals surface area contributed by atoms with E-state index < -0.39 is 0 Å². The molecule has 0 radical (unpaired) electrons. The molecule has 0 aromatic heterocycles. The van der Waals surface area contributed by atoms with Crippen LogP contribution in [0.25, 0.3) is 0 Å². The molecule has 0 aliphatic heterocycles. The second kappa shape index (κ2) is 18.6. The average molecular weight is 362 g/mol. The van der Waals surface area contributed by atoms with Gasteiger partial charge in [-0.1, -0.05) is 0 Å². The Hall–Kier alpha value is 0.519. The zero-order valence-electron chi connectivity index (χ0n) is 15.0. The Morgan fingerprint density at radius 1 is 0.524 bits per heavy atom. The van der Waals surface area contributed by atoms with Crippen molar-refractivity contribution in [2.24, 2.45) is 5.92 Å². The normalized spacial score (nSPS) is 12.7. The van der Waals surface area contributed by atoms with Crippen molar-refractivity contribution in [3.8, 4) is 0 Å². The van der Waals surface area contributed by atoms with E-state index in [0.29, 0.717) is 0 Å². The van der Waals surface area contributed by atoms with Crippen LogP contribution in [0, 0.1) is 5.92 Å². The maximum atomic E-state index is 2.84. The molecule has 0 aromatic rings. The van der Waals surface area contributed by atoms with E-state index in [9.17, 15) is 0 Å². The third-order valence-corrected chi connectivity index (χ3v) is 5.77. The molecule has 0 heterocycles. The standard InChI is InChI=1S/C20H42Se/c1-3-5-7-9-11-12-14-16-18-20(19-21)17-15-13-10-8-6-4-2/h20-21H,3-19H2,1-2H3. The summed E-state index contributed by atoms with van der Waals surface area (Å²) < 4.78 is 0. The molecule has 0 saturated heterocycles. The van der Waals surface area contributed by atoms with E-state index in [1.165, 1.54) is 108 Å². The summed E-state index contributed by atoms with van der Waals surface area (Å²) in [4.78, 5) is 0. The fourth-order valence-corrected chi connectivity index (χ4v) is 3.87. The quantitative estimate of drug-likeness (QED) is 0.190. The van der Waals surface area contributed by atoms with Crippen LogP contribution >= 0.6 is 0 Å². The van der Waals surface area contributed by atoms with Crippen LogP contribution in [-0.2, 0) is 0 Å². The van der Waals surface area contributed by atoms with Gasteiger partial charge in [0.1, 0.15) is 0 Å². The molecular weight excluding hydrogens is 319 g/mol. The van der Waals surface area contributed by atoms with Gasteiger partial charge in [0.05, 0.1) is 0 Å². The average Bonchev–Trinajstić information content (AvgIpc) is 2.51. The molecular formula is C20H42Se. The topological polar surface area (TPSA) is 0 Å². The first kappa shape index (κ1) is 21.5. The summed E-state index contributed by atoms with van der Waals surface area (Å²) in [5.41, 5.74) is 0. The van der Waals surface area contributed by atoms with E-state index in [-0.39, 0.29) is 0 Å². The summed E-state index contributed by atoms with van der Waals surface area (Å²) in [5, 5.41) is 1.35. The van der Waals surface area contributed by atoms with Crippen LogP contribution < -0.4 is 0 Å². The molecule has 0 aliphatic rings. The van der Waals surface area contributed by atoms with Crippen LogP contribution in [0.3, 0.4) is 0 Å². The molecule has 0 rings (SSSR count). The van der Waals surface area contributed by atoms with Gasteiger partial charge in [0.15, 0.2) is 0 Å². The van der Waals surface area contributed by atoms with E-state index in [2.05, 4.69) is 29.9 Å². The van der Waals surface area contributed by atoms with Crippen LogP contribution in [0.1, 0.15) is 117 Å². The Morgan fingerprint density at radius 3 is 1.19 bits per heavy atom. The van der Waals surface area contributed by atoms with Crippen LogP contribution in [0.5, 0.6) is 0 Å². The number of hydrogen-bond acceptors (Lipinski definition) is 0. The van der Waals surface area contributed by atoms with E-state index in [1.54, 1.807) is 0 Å². The Morgan fingerprint density at radius 2 is 0.857 bits per heavy atom. The first-order valence-electron chi connectivity index (χ1n) is 9.96. The summed E-state index contributed by atoms with van der Waals surface area (Å²) in [5.74, 6) is 0.997. The van der Waals surface area contributed by atoms with E-state index >= 15 is 0 Å². The van der Waals surface area contributed by atoms with Crippen molar-refractivity contribution < 1.29 is 0 Å². The molecule has 0 fully saturated rings. The summed E-state index contributed by atoms with van der Waals surface area (Å²) in [6.45, 7) is 4.60. The summed E-state index contributed by atoms with van der Waals surface area (Å²) >= 11 is 2.84. The fraction of sp³-hybridized carbons (Fsp3) is 1.00. The van der Waals surface area contributed by atoms with Crippen molar-refractivity contribution in [1.82, 2.24) is 0 Å². The molecule has 0 bridgehead atoms. The number of unbranched alkanes of at least 4 members (excludes halogenated alkanes) is 12. The fourth-order valence-electron chi connectivity index (χ4n) is 3.11.